The molecule has 3 heteroatoms. The third-order valence-electron chi connectivity index (χ3n) is 11.9. The maximum atomic E-state index is 4.81. The Kier molecular flexibility index (Phi) is 7.20. The van der Waals surface area contributed by atoms with Crippen molar-refractivity contribution in [2.45, 2.75) is 19.3 Å². The molecule has 3 nitrogen and oxygen atoms in total. The zero-order chi connectivity index (χ0) is 37.4. The van der Waals surface area contributed by atoms with Crippen LogP contribution in [0.3, 0.4) is 0 Å². The van der Waals surface area contributed by atoms with E-state index in [-0.39, 0.29) is 5.41 Å². The number of rotatable bonds is 6. The Balaban J connectivity index is 1.17. The van der Waals surface area contributed by atoms with Crippen LogP contribution in [0.4, 0.5) is 17.1 Å². The first-order valence-electron chi connectivity index (χ1n) is 19.3. The normalized spacial score (nSPS) is 13.0. The third kappa shape index (κ3) is 4.91. The molecule has 0 saturated carbocycles. The van der Waals surface area contributed by atoms with Gasteiger partial charge in [0.2, 0.25) is 0 Å². The predicted molar refractivity (Wildman–Crippen MR) is 233 cm³/mol. The molecular formula is C53H37N3. The highest BCUT2D eigenvalue weighted by atomic mass is 15.1. The van der Waals surface area contributed by atoms with Crippen LogP contribution in [-0.2, 0) is 5.41 Å². The van der Waals surface area contributed by atoms with Gasteiger partial charge in [-0.15, -0.1) is 0 Å². The van der Waals surface area contributed by atoms with Crippen LogP contribution in [0.1, 0.15) is 25.0 Å². The molecule has 0 saturated heterocycles. The molecule has 56 heavy (non-hydrogen) atoms. The van der Waals surface area contributed by atoms with Gasteiger partial charge in [-0.05, 0) is 122 Å². The lowest BCUT2D eigenvalue weighted by molar-refractivity contribution is 0.660. The first-order valence-corrected chi connectivity index (χ1v) is 19.3. The van der Waals surface area contributed by atoms with E-state index in [1.807, 2.05) is 24.5 Å². The predicted octanol–water partition coefficient (Wildman–Crippen LogP) is 14.1. The van der Waals surface area contributed by atoms with Crippen LogP contribution >= 0.6 is 0 Å². The van der Waals surface area contributed by atoms with Crippen molar-refractivity contribution in [1.29, 1.82) is 0 Å². The third-order valence-corrected chi connectivity index (χ3v) is 11.9. The Labute approximate surface area is 327 Å². The van der Waals surface area contributed by atoms with E-state index in [9.17, 15) is 0 Å². The number of fused-ring (bicyclic) bond motifs is 6. The second kappa shape index (κ2) is 12.5. The summed E-state index contributed by atoms with van der Waals surface area (Å²) in [7, 11) is 0. The van der Waals surface area contributed by atoms with Crippen LogP contribution < -0.4 is 4.90 Å². The number of benzene rings is 7. The minimum absolute atomic E-state index is 0.146. The molecule has 0 radical (unpaired) electrons. The largest absolute Gasteiger partial charge is 0.310 e. The molecule has 7 aromatic carbocycles. The molecule has 264 valence electrons. The Hall–Kier alpha value is -7.10. The van der Waals surface area contributed by atoms with E-state index in [0.717, 1.165) is 39.6 Å². The summed E-state index contributed by atoms with van der Waals surface area (Å²) in [6, 6.07) is 64.0. The van der Waals surface area contributed by atoms with E-state index >= 15 is 0 Å². The summed E-state index contributed by atoms with van der Waals surface area (Å²) in [5, 5.41) is 2.60. The molecule has 2 heterocycles. The van der Waals surface area contributed by atoms with Gasteiger partial charge < -0.3 is 4.90 Å². The molecule has 2 aliphatic rings. The van der Waals surface area contributed by atoms with Crippen molar-refractivity contribution in [2.24, 2.45) is 0 Å². The molecular weight excluding hydrogens is 679 g/mol. The number of hydrogen-bond acceptors (Lipinski definition) is 3. The second-order valence-electron chi connectivity index (χ2n) is 15.4. The molecule has 0 aliphatic heterocycles. The zero-order valence-electron chi connectivity index (χ0n) is 31.2. The molecule has 0 unspecified atom stereocenters. The van der Waals surface area contributed by atoms with E-state index in [1.165, 1.54) is 66.4 Å². The topological polar surface area (TPSA) is 29.0 Å². The van der Waals surface area contributed by atoms with Crippen LogP contribution in [0.15, 0.2) is 188 Å². The maximum absolute atomic E-state index is 4.81. The number of aromatic nitrogens is 2. The molecule has 0 atom stereocenters. The van der Waals surface area contributed by atoms with Crippen LogP contribution in [0, 0.1) is 0 Å². The summed E-state index contributed by atoms with van der Waals surface area (Å²) in [6.07, 6.45) is 3.73. The van der Waals surface area contributed by atoms with Gasteiger partial charge in [0.05, 0.1) is 17.1 Å². The van der Waals surface area contributed by atoms with Crippen molar-refractivity contribution < 1.29 is 0 Å². The Morgan fingerprint density at radius 1 is 0.411 bits per heavy atom. The Bertz CT molecular complexity index is 2910. The molecule has 0 amide bonds. The van der Waals surface area contributed by atoms with Crippen molar-refractivity contribution >= 4 is 27.8 Å². The van der Waals surface area contributed by atoms with Crippen LogP contribution in [-0.4, -0.2) is 9.97 Å². The number of nitrogens with zero attached hydrogens (tertiary/aromatic N) is 3. The van der Waals surface area contributed by atoms with Gasteiger partial charge in [-0.25, -0.2) is 0 Å². The molecule has 11 rings (SSSR count). The van der Waals surface area contributed by atoms with Gasteiger partial charge in [0.25, 0.3) is 0 Å². The van der Waals surface area contributed by atoms with Crippen molar-refractivity contribution in [3.63, 3.8) is 0 Å². The van der Waals surface area contributed by atoms with Crippen molar-refractivity contribution in [3.05, 3.63) is 199 Å². The maximum Gasteiger partial charge on any atom is 0.0702 e. The fraction of sp³-hybridized carbons (Fsp3) is 0.0566. The van der Waals surface area contributed by atoms with Crippen LogP contribution in [0.25, 0.3) is 77.8 Å². The SMILES string of the molecule is CC1(C)c2ccccc2-c2c(N(c3cc(-c4ccccn4)cc(-c4ccccn4)c3)c3cccc(-c4ccc5c6c(cccc46)-c4ccccc4-5)c3)cccc21. The minimum atomic E-state index is -0.146. The smallest absolute Gasteiger partial charge is 0.0702 e. The highest BCUT2D eigenvalue weighted by molar-refractivity contribution is 6.18. The van der Waals surface area contributed by atoms with Gasteiger partial charge in [0.15, 0.2) is 0 Å². The molecule has 2 aromatic heterocycles. The van der Waals surface area contributed by atoms with Crippen molar-refractivity contribution in [1.82, 2.24) is 9.97 Å². The van der Waals surface area contributed by atoms with E-state index in [1.54, 1.807) is 0 Å². The van der Waals surface area contributed by atoms with Gasteiger partial charge in [0.1, 0.15) is 0 Å². The number of anilines is 3. The van der Waals surface area contributed by atoms with E-state index in [2.05, 4.69) is 183 Å². The summed E-state index contributed by atoms with van der Waals surface area (Å²) in [5.74, 6) is 0. The lowest BCUT2D eigenvalue weighted by Gasteiger charge is -2.30. The first-order chi connectivity index (χ1) is 27.5. The highest BCUT2D eigenvalue weighted by Crippen LogP contribution is 2.55. The lowest BCUT2D eigenvalue weighted by Crippen LogP contribution is -2.16. The molecule has 9 aromatic rings. The summed E-state index contributed by atoms with van der Waals surface area (Å²) < 4.78 is 0. The highest BCUT2D eigenvalue weighted by Gasteiger charge is 2.38. The van der Waals surface area contributed by atoms with Gasteiger partial charge in [-0.2, -0.15) is 0 Å². The Morgan fingerprint density at radius 2 is 0.982 bits per heavy atom. The average molecular weight is 716 g/mol. The van der Waals surface area contributed by atoms with Gasteiger partial charge in [-0.3, -0.25) is 9.97 Å². The molecule has 0 fully saturated rings. The van der Waals surface area contributed by atoms with Gasteiger partial charge in [0, 0.05) is 45.9 Å². The molecule has 0 bridgehead atoms. The summed E-state index contributed by atoms with van der Waals surface area (Å²) in [6.45, 7) is 4.70. The molecule has 0 spiro atoms. The fourth-order valence-corrected chi connectivity index (χ4v) is 9.32. The summed E-state index contributed by atoms with van der Waals surface area (Å²) in [4.78, 5) is 12.1. The molecule has 0 N–H and O–H groups in total. The van der Waals surface area contributed by atoms with E-state index in [4.69, 9.17) is 9.97 Å². The van der Waals surface area contributed by atoms with Crippen LogP contribution in [0.5, 0.6) is 0 Å². The van der Waals surface area contributed by atoms with Crippen molar-refractivity contribution in [2.75, 3.05) is 4.90 Å². The minimum Gasteiger partial charge on any atom is -0.310 e. The average Bonchev–Trinajstić information content (AvgIpc) is 3.71. The van der Waals surface area contributed by atoms with E-state index < -0.39 is 0 Å². The monoisotopic (exact) mass is 715 g/mol. The zero-order valence-corrected chi connectivity index (χ0v) is 31.2. The van der Waals surface area contributed by atoms with Gasteiger partial charge in [-0.1, -0.05) is 129 Å². The van der Waals surface area contributed by atoms with E-state index in [0.29, 0.717) is 0 Å². The lowest BCUT2D eigenvalue weighted by atomic mass is 9.82. The van der Waals surface area contributed by atoms with Crippen molar-refractivity contribution in [3.8, 4) is 67.0 Å². The fourth-order valence-electron chi connectivity index (χ4n) is 9.32. The quantitative estimate of drug-likeness (QED) is 0.172. The number of hydrogen-bond donors (Lipinski definition) is 0. The van der Waals surface area contributed by atoms with Gasteiger partial charge >= 0.3 is 0 Å². The summed E-state index contributed by atoms with van der Waals surface area (Å²) >= 11 is 0. The standard InChI is InChI=1S/C53H37N3/c1-53(2)46-21-6-5-18-45(46)52-47(53)22-13-25-50(52)56(38-32-35(48-23-7-9-28-54-48)30-36(33-38)49-24-8-10-29-55-49)37-15-11-14-34(31-37)39-26-27-44-41-17-4-3-16-40(41)43-20-12-19-42(39)51(43)44/h3-33H,1-2H3. The Morgan fingerprint density at radius 3 is 1.70 bits per heavy atom. The van der Waals surface area contributed by atoms with Crippen LogP contribution in [0.2, 0.25) is 0 Å². The number of pyridine rings is 2. The first kappa shape index (κ1) is 32.3. The summed E-state index contributed by atoms with van der Waals surface area (Å²) in [5.41, 5.74) is 19.9. The molecule has 2 aliphatic carbocycles. The second-order valence-corrected chi connectivity index (χ2v) is 15.4.